The lowest BCUT2D eigenvalue weighted by Crippen LogP contribution is -2.50. The fraction of sp³-hybridized carbons (Fsp3) is 0.290. The number of nitrogens with zero attached hydrogens (tertiary/aromatic N) is 1. The molecule has 3 aromatic rings. The van der Waals surface area contributed by atoms with Gasteiger partial charge in [0.15, 0.2) is 0 Å². The summed E-state index contributed by atoms with van der Waals surface area (Å²) in [5.41, 5.74) is 9.70. The molecule has 0 unspecified atom stereocenters. The van der Waals surface area contributed by atoms with Crippen LogP contribution in [0.1, 0.15) is 29.0 Å². The number of nitrogens with two attached hydrogens (primary N) is 1. The molecular formula is C31H33N3O4. The number of hydrogen-bond donors (Lipinski definition) is 2. The highest BCUT2D eigenvalue weighted by molar-refractivity contribution is 6.15. The van der Waals surface area contributed by atoms with E-state index in [1.165, 1.54) is 7.11 Å². The SMILES string of the molecule is C#C[C@@H]1CO[C@H](CCc2ccccc2N(C(=O)OC)C(=O)[C@@H](N)C(c2ccccc2)c2ccccc2)CN1. The molecule has 1 heterocycles. The monoisotopic (exact) mass is 511 g/mol. The summed E-state index contributed by atoms with van der Waals surface area (Å²) in [6, 6.07) is 25.4. The lowest BCUT2D eigenvalue weighted by atomic mass is 9.84. The number of aryl methyl sites for hydroxylation is 1. The van der Waals surface area contributed by atoms with E-state index in [1.54, 1.807) is 12.1 Å². The van der Waals surface area contributed by atoms with Crippen molar-refractivity contribution in [3.05, 3.63) is 102 Å². The number of methoxy groups -OCH3 is 1. The number of anilines is 1. The maximum atomic E-state index is 14.0. The zero-order chi connectivity index (χ0) is 26.9. The first-order valence-electron chi connectivity index (χ1n) is 12.7. The number of carbonyl (C=O) groups is 2. The predicted molar refractivity (Wildman–Crippen MR) is 148 cm³/mol. The van der Waals surface area contributed by atoms with Crippen LogP contribution in [0.15, 0.2) is 84.9 Å². The Morgan fingerprint density at radius 2 is 1.66 bits per heavy atom. The van der Waals surface area contributed by atoms with Gasteiger partial charge in [0.05, 0.1) is 37.6 Å². The van der Waals surface area contributed by atoms with E-state index in [0.717, 1.165) is 21.6 Å². The number of carbonyl (C=O) groups excluding carboxylic acids is 2. The molecule has 1 aliphatic heterocycles. The second kappa shape index (κ2) is 13.0. The Hall–Kier alpha value is -3.96. The molecule has 4 rings (SSSR count). The number of terminal acetylenes is 1. The minimum Gasteiger partial charge on any atom is -0.452 e. The maximum absolute atomic E-state index is 14.0. The normalized spacial score (nSPS) is 17.8. The van der Waals surface area contributed by atoms with Crippen LogP contribution >= 0.6 is 0 Å². The van der Waals surface area contributed by atoms with E-state index < -0.39 is 24.0 Å². The number of rotatable bonds is 8. The van der Waals surface area contributed by atoms with Gasteiger partial charge in [-0.15, -0.1) is 6.42 Å². The molecule has 1 fully saturated rings. The smallest absolute Gasteiger partial charge is 0.420 e. The highest BCUT2D eigenvalue weighted by atomic mass is 16.5. The van der Waals surface area contributed by atoms with Gasteiger partial charge < -0.3 is 15.2 Å². The summed E-state index contributed by atoms with van der Waals surface area (Å²) in [5.74, 6) is 1.64. The van der Waals surface area contributed by atoms with Crippen LogP contribution in [-0.2, 0) is 20.7 Å². The van der Waals surface area contributed by atoms with Crippen molar-refractivity contribution in [2.24, 2.45) is 5.73 Å². The Balaban J connectivity index is 1.62. The summed E-state index contributed by atoms with van der Waals surface area (Å²) < 4.78 is 11.0. The fourth-order valence-corrected chi connectivity index (χ4v) is 4.79. The topological polar surface area (TPSA) is 93.9 Å². The summed E-state index contributed by atoms with van der Waals surface area (Å²) in [6.45, 7) is 1.09. The molecule has 196 valence electrons. The maximum Gasteiger partial charge on any atom is 0.420 e. The van der Waals surface area contributed by atoms with E-state index in [-0.39, 0.29) is 12.1 Å². The van der Waals surface area contributed by atoms with Crippen LogP contribution in [0.25, 0.3) is 0 Å². The van der Waals surface area contributed by atoms with Crippen molar-refractivity contribution in [1.29, 1.82) is 0 Å². The van der Waals surface area contributed by atoms with Gasteiger partial charge in [0.1, 0.15) is 0 Å². The largest absolute Gasteiger partial charge is 0.452 e. The summed E-state index contributed by atoms with van der Waals surface area (Å²) in [5, 5.41) is 3.28. The molecule has 3 aromatic carbocycles. The molecule has 0 aromatic heterocycles. The Bertz CT molecular complexity index is 1210. The van der Waals surface area contributed by atoms with Gasteiger partial charge in [0, 0.05) is 12.5 Å². The van der Waals surface area contributed by atoms with Crippen molar-refractivity contribution in [2.75, 3.05) is 25.2 Å². The third kappa shape index (κ3) is 6.29. The van der Waals surface area contributed by atoms with Crippen molar-refractivity contribution >= 4 is 17.7 Å². The summed E-state index contributed by atoms with van der Waals surface area (Å²) >= 11 is 0. The highest BCUT2D eigenvalue weighted by Crippen LogP contribution is 2.31. The van der Waals surface area contributed by atoms with Crippen LogP contribution in [0.3, 0.4) is 0 Å². The Morgan fingerprint density at radius 1 is 1.05 bits per heavy atom. The van der Waals surface area contributed by atoms with Gasteiger partial charge in [0.25, 0.3) is 5.91 Å². The number of benzene rings is 3. The average molecular weight is 512 g/mol. The molecule has 0 bridgehead atoms. The number of imide groups is 1. The van der Waals surface area contributed by atoms with Crippen LogP contribution in [0, 0.1) is 12.3 Å². The number of morpholine rings is 1. The van der Waals surface area contributed by atoms with Gasteiger partial charge in [-0.25, -0.2) is 9.69 Å². The number of nitrogens with one attached hydrogen (secondary N) is 1. The van der Waals surface area contributed by atoms with E-state index >= 15 is 0 Å². The summed E-state index contributed by atoms with van der Waals surface area (Å²) in [7, 11) is 1.26. The van der Waals surface area contributed by atoms with E-state index in [4.69, 9.17) is 21.6 Å². The lowest BCUT2D eigenvalue weighted by molar-refractivity contribution is -0.119. The second-order valence-electron chi connectivity index (χ2n) is 9.22. The lowest BCUT2D eigenvalue weighted by Gasteiger charge is -2.30. The number of hydrogen-bond acceptors (Lipinski definition) is 6. The molecule has 2 amide bonds. The minimum absolute atomic E-state index is 0.0299. The van der Waals surface area contributed by atoms with Gasteiger partial charge >= 0.3 is 6.09 Å². The van der Waals surface area contributed by atoms with Gasteiger partial charge in [0.2, 0.25) is 0 Å². The van der Waals surface area contributed by atoms with E-state index in [9.17, 15) is 9.59 Å². The van der Waals surface area contributed by atoms with Crippen molar-refractivity contribution in [3.8, 4) is 12.3 Å². The fourth-order valence-electron chi connectivity index (χ4n) is 4.79. The van der Waals surface area contributed by atoms with Gasteiger partial charge in [-0.3, -0.25) is 10.1 Å². The minimum atomic E-state index is -1.04. The molecule has 38 heavy (non-hydrogen) atoms. The zero-order valence-corrected chi connectivity index (χ0v) is 21.5. The van der Waals surface area contributed by atoms with Crippen LogP contribution in [-0.4, -0.2) is 50.4 Å². The molecule has 0 saturated carbocycles. The van der Waals surface area contributed by atoms with Gasteiger partial charge in [-0.1, -0.05) is 84.8 Å². The number of ether oxygens (including phenoxy) is 2. The van der Waals surface area contributed by atoms with Crippen LogP contribution in [0.2, 0.25) is 0 Å². The Labute approximate surface area is 223 Å². The second-order valence-corrected chi connectivity index (χ2v) is 9.22. The molecule has 7 heteroatoms. The van der Waals surface area contributed by atoms with Crippen LogP contribution in [0.5, 0.6) is 0 Å². The summed E-state index contributed by atoms with van der Waals surface area (Å²) in [6.07, 6.45) is 5.93. The standard InChI is InChI=1S/C31H33N3O4/c1-3-25-21-38-26(20-33-25)19-18-22-12-10-11-17-27(22)34(31(36)37-2)30(35)29(32)28(23-13-6-4-7-14-23)24-15-8-5-9-16-24/h1,4-17,25-26,28-29,33H,18-21,32H2,2H3/t25-,26-,29+/m1/s1. The Kier molecular flexibility index (Phi) is 9.28. The van der Waals surface area contributed by atoms with Crippen molar-refractivity contribution in [2.45, 2.75) is 36.9 Å². The third-order valence-corrected chi connectivity index (χ3v) is 6.80. The highest BCUT2D eigenvalue weighted by Gasteiger charge is 2.36. The molecular weight excluding hydrogens is 478 g/mol. The molecule has 0 aliphatic carbocycles. The molecule has 0 radical (unpaired) electrons. The summed E-state index contributed by atoms with van der Waals surface area (Å²) in [4.78, 5) is 28.1. The van der Waals surface area contributed by atoms with E-state index in [2.05, 4.69) is 11.2 Å². The first-order chi connectivity index (χ1) is 18.5. The van der Waals surface area contributed by atoms with Crippen molar-refractivity contribution in [3.63, 3.8) is 0 Å². The molecule has 7 nitrogen and oxygen atoms in total. The van der Waals surface area contributed by atoms with Crippen LogP contribution < -0.4 is 16.0 Å². The predicted octanol–water partition coefficient (Wildman–Crippen LogP) is 3.87. The molecule has 3 atom stereocenters. The van der Waals surface area contributed by atoms with Crippen molar-refractivity contribution in [1.82, 2.24) is 5.32 Å². The van der Waals surface area contributed by atoms with E-state index in [1.807, 2.05) is 72.8 Å². The average Bonchev–Trinajstić information content (AvgIpc) is 2.98. The first kappa shape index (κ1) is 27.1. The first-order valence-corrected chi connectivity index (χ1v) is 12.7. The molecule has 1 saturated heterocycles. The third-order valence-electron chi connectivity index (χ3n) is 6.80. The van der Waals surface area contributed by atoms with Gasteiger partial charge in [-0.2, -0.15) is 0 Å². The van der Waals surface area contributed by atoms with Crippen LogP contribution in [0.4, 0.5) is 10.5 Å². The molecule has 0 spiro atoms. The quantitative estimate of drug-likeness (QED) is 0.446. The molecule has 1 aliphatic rings. The van der Waals surface area contributed by atoms with Crippen molar-refractivity contribution < 1.29 is 19.1 Å². The molecule has 3 N–H and O–H groups in total. The Morgan fingerprint density at radius 3 is 2.21 bits per heavy atom. The zero-order valence-electron chi connectivity index (χ0n) is 21.5. The van der Waals surface area contributed by atoms with Gasteiger partial charge in [-0.05, 0) is 35.6 Å². The number of amides is 2. The number of para-hydroxylation sites is 1. The van der Waals surface area contributed by atoms with E-state index in [0.29, 0.717) is 31.7 Å².